The van der Waals surface area contributed by atoms with E-state index < -0.39 is 17.0 Å². The highest BCUT2D eigenvalue weighted by Crippen LogP contribution is 2.26. The molecule has 5 heteroatoms. The summed E-state index contributed by atoms with van der Waals surface area (Å²) in [4.78, 5) is 37.0. The van der Waals surface area contributed by atoms with E-state index in [-0.39, 0.29) is 18.2 Å². The summed E-state index contributed by atoms with van der Waals surface area (Å²) in [5.41, 5.74) is -1.38. The van der Waals surface area contributed by atoms with E-state index in [1.807, 2.05) is 13.8 Å². The fourth-order valence-corrected chi connectivity index (χ4v) is 1.93. The Balaban J connectivity index is 2.90. The molecule has 3 amide bonds. The molecule has 1 saturated heterocycles. The van der Waals surface area contributed by atoms with Crippen LogP contribution in [0.25, 0.3) is 0 Å². The number of ketones is 1. The number of urea groups is 1. The number of carbonyl (C=O) groups excluding carboxylic acids is 3. The van der Waals surface area contributed by atoms with Gasteiger partial charge in [0.1, 0.15) is 5.54 Å². The molecule has 0 unspecified atom stereocenters. The molecule has 1 heterocycles. The molecule has 0 aromatic heterocycles. The maximum Gasteiger partial charge on any atom is 0.325 e. The molecular formula is C13H22N2O3. The fraction of sp³-hybridized carbons (Fsp3) is 0.769. The van der Waals surface area contributed by atoms with Gasteiger partial charge in [-0.25, -0.2) is 4.79 Å². The first kappa shape index (κ1) is 14.7. The van der Waals surface area contributed by atoms with Crippen molar-refractivity contribution in [3.8, 4) is 0 Å². The third kappa shape index (κ3) is 2.40. The van der Waals surface area contributed by atoms with E-state index >= 15 is 0 Å². The van der Waals surface area contributed by atoms with Crippen molar-refractivity contribution in [1.29, 1.82) is 0 Å². The largest absolute Gasteiger partial charge is 0.325 e. The maximum atomic E-state index is 12.3. The Labute approximate surface area is 108 Å². The lowest BCUT2D eigenvalue weighted by molar-refractivity contribution is -0.136. The minimum Gasteiger partial charge on any atom is -0.323 e. The van der Waals surface area contributed by atoms with Crippen LogP contribution in [0.3, 0.4) is 0 Å². The summed E-state index contributed by atoms with van der Waals surface area (Å²) in [5, 5.41) is 2.71. The lowest BCUT2D eigenvalue weighted by atomic mass is 9.89. The first-order chi connectivity index (χ1) is 8.18. The van der Waals surface area contributed by atoms with Crippen molar-refractivity contribution in [2.45, 2.75) is 53.0 Å². The van der Waals surface area contributed by atoms with Crippen LogP contribution < -0.4 is 5.32 Å². The lowest BCUT2D eigenvalue weighted by Crippen LogP contribution is -2.46. The highest BCUT2D eigenvalue weighted by Gasteiger charge is 2.49. The second kappa shape index (κ2) is 4.71. The Morgan fingerprint density at radius 2 is 1.72 bits per heavy atom. The van der Waals surface area contributed by atoms with Crippen LogP contribution in [-0.4, -0.2) is 34.7 Å². The number of hydrogen-bond acceptors (Lipinski definition) is 3. The number of nitrogens with one attached hydrogen (secondary N) is 1. The zero-order valence-corrected chi connectivity index (χ0v) is 11.8. The Bertz CT molecular complexity index is 378. The summed E-state index contributed by atoms with van der Waals surface area (Å²) < 4.78 is 0. The van der Waals surface area contributed by atoms with Gasteiger partial charge in [-0.05, 0) is 12.8 Å². The van der Waals surface area contributed by atoms with Gasteiger partial charge >= 0.3 is 6.03 Å². The molecule has 0 spiro atoms. The molecule has 1 aliphatic heterocycles. The van der Waals surface area contributed by atoms with Crippen molar-refractivity contribution in [2.24, 2.45) is 5.41 Å². The molecule has 102 valence electrons. The number of nitrogens with zero attached hydrogens (tertiary/aromatic N) is 1. The van der Waals surface area contributed by atoms with Gasteiger partial charge in [0.15, 0.2) is 5.78 Å². The van der Waals surface area contributed by atoms with E-state index in [1.54, 1.807) is 20.8 Å². The van der Waals surface area contributed by atoms with Gasteiger partial charge in [0.25, 0.3) is 5.91 Å². The van der Waals surface area contributed by atoms with E-state index in [4.69, 9.17) is 0 Å². The van der Waals surface area contributed by atoms with Crippen LogP contribution >= 0.6 is 0 Å². The molecule has 0 aliphatic carbocycles. The first-order valence-electron chi connectivity index (χ1n) is 6.35. The van der Waals surface area contributed by atoms with Crippen LogP contribution in [0, 0.1) is 5.41 Å². The molecule has 5 nitrogen and oxygen atoms in total. The van der Waals surface area contributed by atoms with Crippen molar-refractivity contribution in [3.63, 3.8) is 0 Å². The Morgan fingerprint density at radius 1 is 1.22 bits per heavy atom. The molecule has 0 saturated carbocycles. The van der Waals surface area contributed by atoms with Crippen molar-refractivity contribution < 1.29 is 14.4 Å². The molecule has 0 aromatic rings. The van der Waals surface area contributed by atoms with Gasteiger partial charge in [-0.1, -0.05) is 34.6 Å². The van der Waals surface area contributed by atoms with Gasteiger partial charge in [0.2, 0.25) is 0 Å². The van der Waals surface area contributed by atoms with Crippen molar-refractivity contribution in [2.75, 3.05) is 6.54 Å². The number of carbonyl (C=O) groups is 3. The number of hydrogen-bond donors (Lipinski definition) is 1. The summed E-state index contributed by atoms with van der Waals surface area (Å²) in [7, 11) is 0. The number of imide groups is 1. The predicted octanol–water partition coefficient (Wildman–Crippen LogP) is 1.71. The number of amides is 3. The first-order valence-corrected chi connectivity index (χ1v) is 6.35. The van der Waals surface area contributed by atoms with Crippen LogP contribution in [0.2, 0.25) is 0 Å². The fourth-order valence-electron chi connectivity index (χ4n) is 1.93. The van der Waals surface area contributed by atoms with E-state index in [9.17, 15) is 14.4 Å². The average Bonchev–Trinajstić information content (AvgIpc) is 2.52. The normalized spacial score (nSPS) is 19.1. The van der Waals surface area contributed by atoms with E-state index in [0.29, 0.717) is 12.8 Å². The molecule has 1 aliphatic rings. The van der Waals surface area contributed by atoms with Crippen LogP contribution in [0.4, 0.5) is 4.79 Å². The predicted molar refractivity (Wildman–Crippen MR) is 68.0 cm³/mol. The summed E-state index contributed by atoms with van der Waals surface area (Å²) in [6.45, 7) is 8.91. The smallest absolute Gasteiger partial charge is 0.323 e. The molecule has 0 bridgehead atoms. The molecular weight excluding hydrogens is 232 g/mol. The minimum absolute atomic E-state index is 0.117. The molecule has 1 rings (SSSR count). The quantitative estimate of drug-likeness (QED) is 0.777. The molecule has 1 N–H and O–H groups in total. The van der Waals surface area contributed by atoms with Crippen LogP contribution in [0.1, 0.15) is 47.5 Å². The van der Waals surface area contributed by atoms with Gasteiger partial charge in [-0.15, -0.1) is 0 Å². The zero-order chi connectivity index (χ0) is 14.1. The summed E-state index contributed by atoms with van der Waals surface area (Å²) in [6, 6.07) is -0.457. The maximum absolute atomic E-state index is 12.3. The third-order valence-corrected chi connectivity index (χ3v) is 3.59. The van der Waals surface area contributed by atoms with Gasteiger partial charge in [0.05, 0.1) is 6.54 Å². The van der Waals surface area contributed by atoms with Crippen molar-refractivity contribution in [3.05, 3.63) is 0 Å². The molecule has 0 radical (unpaired) electrons. The monoisotopic (exact) mass is 254 g/mol. The second-order valence-electron chi connectivity index (χ2n) is 5.78. The lowest BCUT2D eigenvalue weighted by Gasteiger charge is -2.24. The summed E-state index contributed by atoms with van der Waals surface area (Å²) in [6.07, 6.45) is 1.07. The summed E-state index contributed by atoms with van der Waals surface area (Å²) >= 11 is 0. The van der Waals surface area contributed by atoms with Gasteiger partial charge in [0, 0.05) is 5.41 Å². The number of rotatable bonds is 4. The Morgan fingerprint density at radius 3 is 2.06 bits per heavy atom. The zero-order valence-electron chi connectivity index (χ0n) is 11.8. The second-order valence-corrected chi connectivity index (χ2v) is 5.78. The van der Waals surface area contributed by atoms with Crippen LogP contribution in [-0.2, 0) is 9.59 Å². The average molecular weight is 254 g/mol. The molecule has 1 fully saturated rings. The Hall–Kier alpha value is -1.39. The van der Waals surface area contributed by atoms with Gasteiger partial charge in [-0.3, -0.25) is 14.5 Å². The minimum atomic E-state index is -0.824. The van der Waals surface area contributed by atoms with Crippen molar-refractivity contribution >= 4 is 17.7 Å². The van der Waals surface area contributed by atoms with E-state index in [0.717, 1.165) is 4.90 Å². The Kier molecular flexibility index (Phi) is 3.84. The molecule has 0 aromatic carbocycles. The highest BCUT2D eigenvalue weighted by molar-refractivity contribution is 6.09. The van der Waals surface area contributed by atoms with Crippen LogP contribution in [0.15, 0.2) is 0 Å². The third-order valence-electron chi connectivity index (χ3n) is 3.59. The van der Waals surface area contributed by atoms with Gasteiger partial charge in [-0.2, -0.15) is 0 Å². The topological polar surface area (TPSA) is 66.5 Å². The SMILES string of the molecule is CCC1(CC)NC(=O)N(CC(=O)C(C)(C)C)C1=O. The molecule has 18 heavy (non-hydrogen) atoms. The van der Waals surface area contributed by atoms with E-state index in [2.05, 4.69) is 5.32 Å². The highest BCUT2D eigenvalue weighted by atomic mass is 16.2. The standard InChI is InChI=1S/C13H22N2O3/c1-6-13(7-2)10(17)15(11(18)14-13)8-9(16)12(3,4)5/h6-8H2,1-5H3,(H,14,18). The van der Waals surface area contributed by atoms with Gasteiger partial charge < -0.3 is 5.32 Å². The van der Waals surface area contributed by atoms with Crippen LogP contribution in [0.5, 0.6) is 0 Å². The molecule has 0 atom stereocenters. The van der Waals surface area contributed by atoms with E-state index in [1.165, 1.54) is 0 Å². The van der Waals surface area contributed by atoms with Crippen molar-refractivity contribution in [1.82, 2.24) is 10.2 Å². The number of Topliss-reactive ketones (excluding diaryl/α,β-unsaturated/α-hetero) is 1. The summed E-state index contributed by atoms with van der Waals surface area (Å²) in [5.74, 6) is -0.399.